The van der Waals surface area contributed by atoms with Gasteiger partial charge in [0.05, 0.1) is 18.8 Å². The Morgan fingerprint density at radius 3 is 3.00 bits per heavy atom. The molecule has 2 aromatic rings. The second kappa shape index (κ2) is 7.09. The van der Waals surface area contributed by atoms with Crippen LogP contribution in [0.15, 0.2) is 40.3 Å². The molecule has 0 saturated carbocycles. The largest absolute Gasteiger partial charge is 0.495 e. The van der Waals surface area contributed by atoms with Gasteiger partial charge < -0.3 is 10.1 Å². The zero-order valence-corrected chi connectivity index (χ0v) is 14.4. The highest BCUT2D eigenvalue weighted by molar-refractivity contribution is 7.99. The summed E-state index contributed by atoms with van der Waals surface area (Å²) in [7, 11) is 1.56. The Bertz CT molecular complexity index is 819. The van der Waals surface area contributed by atoms with Crippen molar-refractivity contribution < 1.29 is 9.53 Å². The first-order valence-electron chi connectivity index (χ1n) is 7.80. The Kier molecular flexibility index (Phi) is 4.89. The third-order valence-electron chi connectivity index (χ3n) is 3.91. The third-order valence-corrected chi connectivity index (χ3v) is 5.00. The molecule has 0 fully saturated rings. The first-order chi connectivity index (χ1) is 11.6. The molecule has 1 atom stereocenters. The Labute approximate surface area is 144 Å². The van der Waals surface area contributed by atoms with Crippen molar-refractivity contribution in [1.29, 1.82) is 0 Å². The molecule has 1 amide bonds. The maximum atomic E-state index is 12.4. The number of fused-ring (bicyclic) bond motifs is 1. The van der Waals surface area contributed by atoms with E-state index in [0.717, 1.165) is 12.1 Å². The predicted molar refractivity (Wildman–Crippen MR) is 93.9 cm³/mol. The number of benzene rings is 1. The summed E-state index contributed by atoms with van der Waals surface area (Å²) in [6, 6.07) is 8.63. The second-order valence-corrected chi connectivity index (χ2v) is 6.50. The van der Waals surface area contributed by atoms with Crippen molar-refractivity contribution in [3.63, 3.8) is 0 Å². The standard InChI is InChI=1S/C17H19N3O3S/c1-3-11-8-16(22)20-12(10-24-17(20)18-11)9-15(21)19-13-6-4-5-7-14(13)23-2/h4-8,12H,3,9-10H2,1-2H3,(H,19,21). The minimum Gasteiger partial charge on any atom is -0.495 e. The number of amides is 1. The van der Waals surface area contributed by atoms with Crippen LogP contribution < -0.4 is 15.6 Å². The Morgan fingerprint density at radius 1 is 1.46 bits per heavy atom. The number of carbonyl (C=O) groups excluding carboxylic acids is 1. The summed E-state index contributed by atoms with van der Waals surface area (Å²) in [6.45, 7) is 1.97. The number of hydrogen-bond donors (Lipinski definition) is 1. The van der Waals surface area contributed by atoms with Crippen molar-refractivity contribution in [3.8, 4) is 5.75 Å². The molecule has 1 aliphatic rings. The van der Waals surface area contributed by atoms with Gasteiger partial charge >= 0.3 is 0 Å². The lowest BCUT2D eigenvalue weighted by molar-refractivity contribution is -0.116. The number of aromatic nitrogens is 2. The summed E-state index contributed by atoms with van der Waals surface area (Å²) in [4.78, 5) is 29.1. The van der Waals surface area contributed by atoms with Crippen LogP contribution in [-0.2, 0) is 11.2 Å². The number of nitrogens with zero attached hydrogens (tertiary/aromatic N) is 2. The first kappa shape index (κ1) is 16.6. The highest BCUT2D eigenvalue weighted by Crippen LogP contribution is 2.32. The summed E-state index contributed by atoms with van der Waals surface area (Å²) < 4.78 is 6.86. The van der Waals surface area contributed by atoms with Crippen molar-refractivity contribution in [2.75, 3.05) is 18.2 Å². The summed E-state index contributed by atoms with van der Waals surface area (Å²) in [6.07, 6.45) is 0.952. The number of thioether (sulfide) groups is 1. The van der Waals surface area contributed by atoms with Crippen LogP contribution in [0.1, 0.15) is 25.1 Å². The topological polar surface area (TPSA) is 73.2 Å². The molecular formula is C17H19N3O3S. The van der Waals surface area contributed by atoms with E-state index < -0.39 is 0 Å². The summed E-state index contributed by atoms with van der Waals surface area (Å²) in [5.41, 5.74) is 1.33. The number of methoxy groups -OCH3 is 1. The molecule has 24 heavy (non-hydrogen) atoms. The lowest BCUT2D eigenvalue weighted by atomic mass is 10.2. The van der Waals surface area contributed by atoms with Gasteiger partial charge in [-0.1, -0.05) is 30.8 Å². The van der Waals surface area contributed by atoms with Gasteiger partial charge in [0.2, 0.25) is 5.91 Å². The average Bonchev–Trinajstić information content (AvgIpc) is 2.98. The highest BCUT2D eigenvalue weighted by Gasteiger charge is 2.27. The van der Waals surface area contributed by atoms with E-state index in [1.54, 1.807) is 29.9 Å². The molecule has 3 rings (SSSR count). The molecule has 0 spiro atoms. The van der Waals surface area contributed by atoms with Crippen LogP contribution in [0.5, 0.6) is 5.75 Å². The fraction of sp³-hybridized carbons (Fsp3) is 0.353. The lowest BCUT2D eigenvalue weighted by Crippen LogP contribution is -2.27. The van der Waals surface area contributed by atoms with Gasteiger partial charge in [-0.2, -0.15) is 0 Å². The Hall–Kier alpha value is -2.28. The average molecular weight is 345 g/mol. The van der Waals surface area contributed by atoms with E-state index in [1.807, 2.05) is 19.1 Å². The van der Waals surface area contributed by atoms with Crippen LogP contribution in [0, 0.1) is 0 Å². The summed E-state index contributed by atoms with van der Waals surface area (Å²) in [5, 5.41) is 3.56. The van der Waals surface area contributed by atoms with Gasteiger partial charge in [0, 0.05) is 23.9 Å². The van der Waals surface area contributed by atoms with Gasteiger partial charge in [-0.3, -0.25) is 14.2 Å². The first-order valence-corrected chi connectivity index (χ1v) is 8.79. The number of rotatable bonds is 5. The number of aryl methyl sites for hydroxylation is 1. The molecule has 1 aliphatic heterocycles. The molecule has 0 aliphatic carbocycles. The summed E-state index contributed by atoms with van der Waals surface area (Å²) >= 11 is 1.52. The number of anilines is 1. The van der Waals surface area contributed by atoms with E-state index in [-0.39, 0.29) is 23.9 Å². The smallest absolute Gasteiger partial charge is 0.254 e. The molecule has 6 nitrogen and oxygen atoms in total. The minimum absolute atomic E-state index is 0.0862. The fourth-order valence-electron chi connectivity index (χ4n) is 2.69. The van der Waals surface area contributed by atoms with Crippen LogP contribution in [0.4, 0.5) is 5.69 Å². The molecule has 1 unspecified atom stereocenters. The number of hydrogen-bond acceptors (Lipinski definition) is 5. The molecule has 0 saturated heterocycles. The predicted octanol–water partition coefficient (Wildman–Crippen LogP) is 2.49. The van der Waals surface area contributed by atoms with Crippen LogP contribution in [0.25, 0.3) is 0 Å². The van der Waals surface area contributed by atoms with Crippen molar-refractivity contribution in [2.24, 2.45) is 0 Å². The van der Waals surface area contributed by atoms with Crippen molar-refractivity contribution in [2.45, 2.75) is 31.0 Å². The molecule has 0 bridgehead atoms. The van der Waals surface area contributed by atoms with Crippen LogP contribution in [-0.4, -0.2) is 28.3 Å². The van der Waals surface area contributed by atoms with Gasteiger partial charge in [0.25, 0.3) is 5.56 Å². The Morgan fingerprint density at radius 2 is 2.25 bits per heavy atom. The number of ether oxygens (including phenoxy) is 1. The lowest BCUT2D eigenvalue weighted by Gasteiger charge is -2.14. The molecule has 0 radical (unpaired) electrons. The monoisotopic (exact) mass is 345 g/mol. The van der Waals surface area contributed by atoms with Crippen molar-refractivity contribution in [1.82, 2.24) is 9.55 Å². The molecule has 1 N–H and O–H groups in total. The quantitative estimate of drug-likeness (QED) is 0.843. The van der Waals surface area contributed by atoms with E-state index >= 15 is 0 Å². The van der Waals surface area contributed by atoms with E-state index in [9.17, 15) is 9.59 Å². The minimum atomic E-state index is -0.175. The van der Waals surface area contributed by atoms with E-state index in [2.05, 4.69) is 10.3 Å². The molecule has 1 aromatic carbocycles. The SMILES string of the molecule is CCc1cc(=O)n2c(n1)SCC2CC(=O)Nc1ccccc1OC. The zero-order chi connectivity index (χ0) is 17.1. The van der Waals surface area contributed by atoms with Gasteiger partial charge in [-0.25, -0.2) is 4.98 Å². The van der Waals surface area contributed by atoms with Crippen LogP contribution in [0.3, 0.4) is 0 Å². The van der Waals surface area contributed by atoms with Gasteiger partial charge in [0.15, 0.2) is 5.16 Å². The van der Waals surface area contributed by atoms with Gasteiger partial charge in [-0.15, -0.1) is 0 Å². The summed E-state index contributed by atoms with van der Waals surface area (Å²) in [5.74, 6) is 1.14. The molecule has 2 heterocycles. The molecule has 7 heteroatoms. The van der Waals surface area contributed by atoms with Crippen LogP contribution in [0.2, 0.25) is 0 Å². The third kappa shape index (κ3) is 3.31. The van der Waals surface area contributed by atoms with Crippen molar-refractivity contribution >= 4 is 23.4 Å². The molecule has 1 aromatic heterocycles. The maximum absolute atomic E-state index is 12.4. The molecule has 126 valence electrons. The van der Waals surface area contributed by atoms with Gasteiger partial charge in [0.1, 0.15) is 5.75 Å². The Balaban J connectivity index is 1.75. The normalized spacial score (nSPS) is 15.8. The number of para-hydroxylation sites is 2. The number of carbonyl (C=O) groups is 1. The maximum Gasteiger partial charge on any atom is 0.254 e. The molecular weight excluding hydrogens is 326 g/mol. The second-order valence-electron chi connectivity index (χ2n) is 5.51. The van der Waals surface area contributed by atoms with Crippen molar-refractivity contribution in [3.05, 3.63) is 46.4 Å². The highest BCUT2D eigenvalue weighted by atomic mass is 32.2. The van der Waals surface area contributed by atoms with E-state index in [4.69, 9.17) is 4.74 Å². The zero-order valence-electron chi connectivity index (χ0n) is 13.6. The fourth-order valence-corrected chi connectivity index (χ4v) is 3.86. The van der Waals surface area contributed by atoms with E-state index in [0.29, 0.717) is 22.3 Å². The van der Waals surface area contributed by atoms with Gasteiger partial charge in [-0.05, 0) is 18.6 Å². The van der Waals surface area contributed by atoms with Crippen LogP contribution >= 0.6 is 11.8 Å². The van der Waals surface area contributed by atoms with E-state index in [1.165, 1.54) is 11.8 Å². The number of nitrogens with one attached hydrogen (secondary N) is 1.